The number of piperidine rings is 1. The maximum atomic E-state index is 9.51. The fourth-order valence-corrected chi connectivity index (χ4v) is 2.55. The summed E-state index contributed by atoms with van der Waals surface area (Å²) in [5.41, 5.74) is 0. The van der Waals surface area contributed by atoms with Crippen molar-refractivity contribution in [3.05, 3.63) is 0 Å². The molecule has 3 heteroatoms. The van der Waals surface area contributed by atoms with Crippen LogP contribution < -0.4 is 0 Å². The zero-order valence-electron chi connectivity index (χ0n) is 11.5. The van der Waals surface area contributed by atoms with Gasteiger partial charge in [0, 0.05) is 19.2 Å². The average Bonchev–Trinajstić information content (AvgIpc) is 2.30. The van der Waals surface area contributed by atoms with Gasteiger partial charge in [0.15, 0.2) is 0 Å². The predicted molar refractivity (Wildman–Crippen MR) is 71.2 cm³/mol. The van der Waals surface area contributed by atoms with Crippen LogP contribution in [0.25, 0.3) is 0 Å². The number of likely N-dealkylation sites (tertiary alicyclic amines) is 1. The molecule has 0 aromatic heterocycles. The summed E-state index contributed by atoms with van der Waals surface area (Å²) in [5, 5.41) is 9.51. The van der Waals surface area contributed by atoms with E-state index < -0.39 is 0 Å². The van der Waals surface area contributed by atoms with E-state index in [2.05, 4.69) is 11.8 Å². The minimum Gasteiger partial charge on any atom is -0.393 e. The van der Waals surface area contributed by atoms with Crippen molar-refractivity contribution in [2.75, 3.05) is 26.3 Å². The van der Waals surface area contributed by atoms with Crippen LogP contribution in [-0.2, 0) is 4.74 Å². The lowest BCUT2D eigenvalue weighted by molar-refractivity contribution is 0.0496. The SMILES string of the molecule is CCCCOCCN1CCCCC1CC(C)O. The Morgan fingerprint density at radius 2 is 2.18 bits per heavy atom. The topological polar surface area (TPSA) is 32.7 Å². The largest absolute Gasteiger partial charge is 0.393 e. The van der Waals surface area contributed by atoms with Gasteiger partial charge in [0.1, 0.15) is 0 Å². The Kier molecular flexibility index (Phi) is 7.82. The molecule has 1 N–H and O–H groups in total. The molecule has 1 aliphatic heterocycles. The molecule has 0 aromatic rings. The van der Waals surface area contributed by atoms with Gasteiger partial charge < -0.3 is 9.84 Å². The van der Waals surface area contributed by atoms with E-state index >= 15 is 0 Å². The highest BCUT2D eigenvalue weighted by Crippen LogP contribution is 2.20. The number of hydrogen-bond donors (Lipinski definition) is 1. The Balaban J connectivity index is 2.18. The molecule has 3 nitrogen and oxygen atoms in total. The molecule has 0 radical (unpaired) electrons. The molecule has 0 aliphatic carbocycles. The van der Waals surface area contributed by atoms with Gasteiger partial charge in [-0.25, -0.2) is 0 Å². The summed E-state index contributed by atoms with van der Waals surface area (Å²) in [5.74, 6) is 0. The van der Waals surface area contributed by atoms with Crippen LogP contribution in [0.1, 0.15) is 52.4 Å². The monoisotopic (exact) mass is 243 g/mol. The summed E-state index contributed by atoms with van der Waals surface area (Å²) in [7, 11) is 0. The number of unbranched alkanes of at least 4 members (excludes halogenated alkanes) is 1. The van der Waals surface area contributed by atoms with Gasteiger partial charge in [-0.05, 0) is 39.2 Å². The Bertz CT molecular complexity index is 185. The molecule has 1 saturated heterocycles. The zero-order chi connectivity index (χ0) is 12.5. The second-order valence-corrected chi connectivity index (χ2v) is 5.24. The predicted octanol–water partition coefficient (Wildman–Crippen LogP) is 2.43. The van der Waals surface area contributed by atoms with E-state index in [1.54, 1.807) is 0 Å². The molecule has 1 rings (SSSR count). The lowest BCUT2D eigenvalue weighted by Gasteiger charge is -2.36. The molecular formula is C14H29NO2. The lowest BCUT2D eigenvalue weighted by atomic mass is 9.97. The number of aliphatic hydroxyl groups excluding tert-OH is 1. The van der Waals surface area contributed by atoms with Gasteiger partial charge in [-0.3, -0.25) is 4.90 Å². The lowest BCUT2D eigenvalue weighted by Crippen LogP contribution is -2.42. The molecule has 0 aromatic carbocycles. The Morgan fingerprint density at radius 3 is 2.88 bits per heavy atom. The molecule has 0 spiro atoms. The fraction of sp³-hybridized carbons (Fsp3) is 1.00. The zero-order valence-corrected chi connectivity index (χ0v) is 11.5. The molecule has 17 heavy (non-hydrogen) atoms. The van der Waals surface area contributed by atoms with Crippen molar-refractivity contribution in [2.45, 2.75) is 64.5 Å². The number of rotatable bonds is 8. The van der Waals surface area contributed by atoms with Crippen LogP contribution in [-0.4, -0.2) is 48.5 Å². The van der Waals surface area contributed by atoms with Crippen LogP contribution in [0, 0.1) is 0 Å². The van der Waals surface area contributed by atoms with Crippen LogP contribution in [0.5, 0.6) is 0 Å². The summed E-state index contributed by atoms with van der Waals surface area (Å²) in [6.07, 6.45) is 6.94. The highest BCUT2D eigenvalue weighted by molar-refractivity contribution is 4.78. The maximum Gasteiger partial charge on any atom is 0.0593 e. The van der Waals surface area contributed by atoms with Crippen molar-refractivity contribution in [2.24, 2.45) is 0 Å². The molecule has 0 saturated carbocycles. The number of ether oxygens (including phenoxy) is 1. The third kappa shape index (κ3) is 6.39. The second-order valence-electron chi connectivity index (χ2n) is 5.24. The first-order valence-electron chi connectivity index (χ1n) is 7.24. The highest BCUT2D eigenvalue weighted by atomic mass is 16.5. The molecule has 0 amide bonds. The summed E-state index contributed by atoms with van der Waals surface area (Å²) in [4.78, 5) is 2.50. The summed E-state index contributed by atoms with van der Waals surface area (Å²) < 4.78 is 5.63. The third-order valence-electron chi connectivity index (χ3n) is 3.53. The van der Waals surface area contributed by atoms with Crippen molar-refractivity contribution < 1.29 is 9.84 Å². The van der Waals surface area contributed by atoms with E-state index in [1.807, 2.05) is 6.92 Å². The van der Waals surface area contributed by atoms with Crippen molar-refractivity contribution >= 4 is 0 Å². The summed E-state index contributed by atoms with van der Waals surface area (Å²) in [6, 6.07) is 0.568. The Labute approximate surface area is 106 Å². The summed E-state index contributed by atoms with van der Waals surface area (Å²) >= 11 is 0. The molecular weight excluding hydrogens is 214 g/mol. The highest BCUT2D eigenvalue weighted by Gasteiger charge is 2.22. The standard InChI is InChI=1S/C14H29NO2/c1-3-4-10-17-11-9-15-8-6-5-7-14(15)12-13(2)16/h13-14,16H,3-12H2,1-2H3. The average molecular weight is 243 g/mol. The molecule has 1 fully saturated rings. The van der Waals surface area contributed by atoms with Gasteiger partial charge >= 0.3 is 0 Å². The van der Waals surface area contributed by atoms with Gasteiger partial charge in [-0.15, -0.1) is 0 Å². The second kappa shape index (κ2) is 8.90. The van der Waals surface area contributed by atoms with E-state index in [9.17, 15) is 5.11 Å². The smallest absolute Gasteiger partial charge is 0.0593 e. The molecule has 2 unspecified atom stereocenters. The minimum absolute atomic E-state index is 0.179. The fourth-order valence-electron chi connectivity index (χ4n) is 2.55. The van der Waals surface area contributed by atoms with Crippen LogP contribution >= 0.6 is 0 Å². The molecule has 1 heterocycles. The minimum atomic E-state index is -0.179. The van der Waals surface area contributed by atoms with Crippen molar-refractivity contribution in [1.82, 2.24) is 4.90 Å². The number of nitrogens with zero attached hydrogens (tertiary/aromatic N) is 1. The first kappa shape index (κ1) is 14.9. The van der Waals surface area contributed by atoms with Gasteiger partial charge in [0.2, 0.25) is 0 Å². The van der Waals surface area contributed by atoms with Crippen molar-refractivity contribution in [3.8, 4) is 0 Å². The van der Waals surface area contributed by atoms with E-state index in [1.165, 1.54) is 32.2 Å². The quantitative estimate of drug-likeness (QED) is 0.665. The Hall–Kier alpha value is -0.120. The van der Waals surface area contributed by atoms with E-state index in [0.29, 0.717) is 6.04 Å². The third-order valence-corrected chi connectivity index (χ3v) is 3.53. The molecule has 2 atom stereocenters. The van der Waals surface area contributed by atoms with Crippen molar-refractivity contribution in [1.29, 1.82) is 0 Å². The first-order valence-corrected chi connectivity index (χ1v) is 7.24. The van der Waals surface area contributed by atoms with Crippen LogP contribution in [0.15, 0.2) is 0 Å². The molecule has 0 bridgehead atoms. The van der Waals surface area contributed by atoms with E-state index in [4.69, 9.17) is 4.74 Å². The number of aliphatic hydroxyl groups is 1. The van der Waals surface area contributed by atoms with E-state index in [-0.39, 0.29) is 6.10 Å². The van der Waals surface area contributed by atoms with Gasteiger partial charge in [0.05, 0.1) is 12.7 Å². The van der Waals surface area contributed by atoms with E-state index in [0.717, 1.165) is 32.6 Å². The summed E-state index contributed by atoms with van der Waals surface area (Å²) in [6.45, 7) is 8.02. The van der Waals surface area contributed by atoms with Crippen molar-refractivity contribution in [3.63, 3.8) is 0 Å². The Morgan fingerprint density at radius 1 is 1.35 bits per heavy atom. The molecule has 102 valence electrons. The van der Waals surface area contributed by atoms with Crippen LogP contribution in [0.2, 0.25) is 0 Å². The number of hydrogen-bond acceptors (Lipinski definition) is 3. The normalized spacial score (nSPS) is 23.8. The van der Waals surface area contributed by atoms with Gasteiger partial charge in [-0.1, -0.05) is 19.8 Å². The first-order chi connectivity index (χ1) is 8.24. The maximum absolute atomic E-state index is 9.51. The molecule has 1 aliphatic rings. The van der Waals surface area contributed by atoms with Crippen LogP contribution in [0.4, 0.5) is 0 Å². The van der Waals surface area contributed by atoms with Gasteiger partial charge in [-0.2, -0.15) is 0 Å². The van der Waals surface area contributed by atoms with Crippen LogP contribution in [0.3, 0.4) is 0 Å². The van der Waals surface area contributed by atoms with Gasteiger partial charge in [0.25, 0.3) is 0 Å².